The molecule has 8 heteroatoms. The number of carbonyl (C=O) groups is 2. The molecule has 2 amide bonds. The SMILES string of the molecule is Cn1cccc1[C@@H](CNC(=O)C(=O)NCc1ccc2c(c1)OCO2)N1CCCCCC1. The Balaban J connectivity index is 1.33. The molecule has 0 radical (unpaired) electrons. The Morgan fingerprint density at radius 1 is 1.00 bits per heavy atom. The van der Waals surface area contributed by atoms with Crippen LogP contribution in [-0.2, 0) is 23.2 Å². The third kappa shape index (κ3) is 5.19. The van der Waals surface area contributed by atoms with Crippen molar-refractivity contribution in [1.29, 1.82) is 0 Å². The monoisotopic (exact) mass is 426 g/mol. The van der Waals surface area contributed by atoms with E-state index in [-0.39, 0.29) is 19.4 Å². The summed E-state index contributed by atoms with van der Waals surface area (Å²) in [4.78, 5) is 27.2. The van der Waals surface area contributed by atoms with Crippen LogP contribution in [0.15, 0.2) is 36.5 Å². The zero-order chi connectivity index (χ0) is 21.6. The summed E-state index contributed by atoms with van der Waals surface area (Å²) in [5.74, 6) is 0.0843. The summed E-state index contributed by atoms with van der Waals surface area (Å²) in [5.41, 5.74) is 1.99. The van der Waals surface area contributed by atoms with Gasteiger partial charge in [0.1, 0.15) is 0 Å². The molecule has 0 saturated carbocycles. The van der Waals surface area contributed by atoms with E-state index in [1.807, 2.05) is 31.4 Å². The molecule has 8 nitrogen and oxygen atoms in total. The van der Waals surface area contributed by atoms with Crippen molar-refractivity contribution in [3.05, 3.63) is 47.8 Å². The number of rotatable bonds is 6. The number of benzene rings is 1. The van der Waals surface area contributed by atoms with Crippen molar-refractivity contribution < 1.29 is 19.1 Å². The van der Waals surface area contributed by atoms with Gasteiger partial charge in [0.2, 0.25) is 6.79 Å². The third-order valence-corrected chi connectivity index (χ3v) is 5.96. The Kier molecular flexibility index (Phi) is 6.76. The molecule has 2 aliphatic rings. The molecule has 0 unspecified atom stereocenters. The van der Waals surface area contributed by atoms with Crippen molar-refractivity contribution in [3.63, 3.8) is 0 Å². The maximum atomic E-state index is 12.5. The zero-order valence-corrected chi connectivity index (χ0v) is 17.9. The second-order valence-corrected chi connectivity index (χ2v) is 8.09. The van der Waals surface area contributed by atoms with Crippen LogP contribution in [0.3, 0.4) is 0 Å². The first kappa shape index (κ1) is 21.2. The number of aryl methyl sites for hydroxylation is 1. The van der Waals surface area contributed by atoms with Gasteiger partial charge in [-0.15, -0.1) is 0 Å². The first-order valence-corrected chi connectivity index (χ1v) is 10.9. The third-order valence-electron chi connectivity index (χ3n) is 5.96. The van der Waals surface area contributed by atoms with E-state index in [1.165, 1.54) is 12.8 Å². The summed E-state index contributed by atoms with van der Waals surface area (Å²) in [6, 6.07) is 9.60. The zero-order valence-electron chi connectivity index (χ0n) is 17.9. The van der Waals surface area contributed by atoms with E-state index in [1.54, 1.807) is 6.07 Å². The molecule has 1 fully saturated rings. The van der Waals surface area contributed by atoms with E-state index < -0.39 is 11.8 Å². The van der Waals surface area contributed by atoms with Gasteiger partial charge in [0.15, 0.2) is 11.5 Å². The van der Waals surface area contributed by atoms with Gasteiger partial charge in [-0.3, -0.25) is 14.5 Å². The molecule has 0 spiro atoms. The Morgan fingerprint density at radius 2 is 1.74 bits per heavy atom. The lowest BCUT2D eigenvalue weighted by Gasteiger charge is -2.31. The van der Waals surface area contributed by atoms with Crippen LogP contribution in [0.1, 0.15) is 43.0 Å². The highest BCUT2D eigenvalue weighted by molar-refractivity contribution is 6.35. The van der Waals surface area contributed by atoms with Gasteiger partial charge < -0.3 is 24.7 Å². The van der Waals surface area contributed by atoms with Crippen molar-refractivity contribution in [2.45, 2.75) is 38.3 Å². The van der Waals surface area contributed by atoms with E-state index in [0.717, 1.165) is 37.2 Å². The number of nitrogens with zero attached hydrogens (tertiary/aromatic N) is 2. The molecular weight excluding hydrogens is 396 g/mol. The predicted octanol–water partition coefficient (Wildman–Crippen LogP) is 2.10. The Hall–Kier alpha value is -3.00. The Bertz CT molecular complexity index is 918. The van der Waals surface area contributed by atoms with Crippen molar-refractivity contribution in [1.82, 2.24) is 20.1 Å². The molecule has 1 atom stereocenters. The normalized spacial score (nSPS) is 17.1. The summed E-state index contributed by atoms with van der Waals surface area (Å²) in [6.07, 6.45) is 6.81. The minimum atomic E-state index is -0.640. The van der Waals surface area contributed by atoms with Crippen molar-refractivity contribution in [2.75, 3.05) is 26.4 Å². The highest BCUT2D eigenvalue weighted by Crippen LogP contribution is 2.32. The molecule has 0 aliphatic carbocycles. The highest BCUT2D eigenvalue weighted by atomic mass is 16.7. The van der Waals surface area contributed by atoms with Crippen molar-refractivity contribution >= 4 is 11.8 Å². The van der Waals surface area contributed by atoms with Gasteiger partial charge in [-0.2, -0.15) is 0 Å². The average Bonchev–Trinajstić information content (AvgIpc) is 3.33. The van der Waals surface area contributed by atoms with E-state index in [4.69, 9.17) is 9.47 Å². The molecule has 31 heavy (non-hydrogen) atoms. The Labute approximate surface area is 182 Å². The van der Waals surface area contributed by atoms with E-state index in [2.05, 4.69) is 26.2 Å². The standard InChI is InChI=1S/C23H30N4O4/c1-26-10-6-7-18(26)19(27-11-4-2-3-5-12-27)15-25-23(29)22(28)24-14-17-8-9-20-21(13-17)31-16-30-20/h6-10,13,19H,2-5,11-12,14-16H2,1H3,(H,24,28)(H,25,29)/t19-/m1/s1. The molecule has 2 aliphatic heterocycles. The van der Waals surface area contributed by atoms with Crippen molar-refractivity contribution in [2.24, 2.45) is 7.05 Å². The topological polar surface area (TPSA) is 84.8 Å². The maximum Gasteiger partial charge on any atom is 0.309 e. The lowest BCUT2D eigenvalue weighted by atomic mass is 10.1. The van der Waals surface area contributed by atoms with Crippen LogP contribution in [0, 0.1) is 0 Å². The van der Waals surface area contributed by atoms with Gasteiger partial charge in [-0.25, -0.2) is 0 Å². The van der Waals surface area contributed by atoms with E-state index >= 15 is 0 Å². The fraction of sp³-hybridized carbons (Fsp3) is 0.478. The van der Waals surface area contributed by atoms with Gasteiger partial charge in [-0.05, 0) is 55.8 Å². The summed E-state index contributed by atoms with van der Waals surface area (Å²) < 4.78 is 12.7. The quantitative estimate of drug-likeness (QED) is 0.691. The summed E-state index contributed by atoms with van der Waals surface area (Å²) >= 11 is 0. The largest absolute Gasteiger partial charge is 0.454 e. The van der Waals surface area contributed by atoms with Crippen LogP contribution in [-0.4, -0.2) is 47.7 Å². The first-order chi connectivity index (χ1) is 15.1. The molecule has 166 valence electrons. The molecule has 0 bridgehead atoms. The van der Waals surface area contributed by atoms with Crippen LogP contribution in [0.25, 0.3) is 0 Å². The minimum Gasteiger partial charge on any atom is -0.454 e. The summed E-state index contributed by atoms with van der Waals surface area (Å²) in [7, 11) is 2.01. The average molecular weight is 427 g/mol. The molecular formula is C23H30N4O4. The Morgan fingerprint density at radius 3 is 2.48 bits per heavy atom. The number of fused-ring (bicyclic) bond motifs is 1. The second-order valence-electron chi connectivity index (χ2n) is 8.09. The number of amides is 2. The van der Waals surface area contributed by atoms with E-state index in [0.29, 0.717) is 18.0 Å². The van der Waals surface area contributed by atoms with Gasteiger partial charge in [-0.1, -0.05) is 18.9 Å². The molecule has 4 rings (SSSR count). The number of hydrogen-bond acceptors (Lipinski definition) is 5. The van der Waals surface area contributed by atoms with Crippen LogP contribution in [0.2, 0.25) is 0 Å². The number of likely N-dealkylation sites (tertiary alicyclic amines) is 1. The maximum absolute atomic E-state index is 12.5. The van der Waals surface area contributed by atoms with Crippen LogP contribution < -0.4 is 20.1 Å². The molecule has 2 N–H and O–H groups in total. The lowest BCUT2D eigenvalue weighted by Crippen LogP contribution is -2.44. The molecule has 1 saturated heterocycles. The fourth-order valence-electron chi connectivity index (χ4n) is 4.23. The minimum absolute atomic E-state index is 0.0451. The van der Waals surface area contributed by atoms with Gasteiger partial charge in [0, 0.05) is 32.0 Å². The number of carbonyl (C=O) groups excluding carboxylic acids is 2. The second kappa shape index (κ2) is 9.87. The van der Waals surface area contributed by atoms with Gasteiger partial charge in [0.25, 0.3) is 0 Å². The van der Waals surface area contributed by atoms with Crippen LogP contribution in [0.4, 0.5) is 0 Å². The van der Waals surface area contributed by atoms with Gasteiger partial charge >= 0.3 is 11.8 Å². The highest BCUT2D eigenvalue weighted by Gasteiger charge is 2.25. The van der Waals surface area contributed by atoms with E-state index in [9.17, 15) is 9.59 Å². The lowest BCUT2D eigenvalue weighted by molar-refractivity contribution is -0.139. The van der Waals surface area contributed by atoms with Crippen LogP contribution in [0.5, 0.6) is 11.5 Å². The first-order valence-electron chi connectivity index (χ1n) is 10.9. The van der Waals surface area contributed by atoms with Gasteiger partial charge in [0.05, 0.1) is 6.04 Å². The number of nitrogens with one attached hydrogen (secondary N) is 2. The smallest absolute Gasteiger partial charge is 0.309 e. The molecule has 3 heterocycles. The fourth-order valence-corrected chi connectivity index (χ4v) is 4.23. The molecule has 1 aromatic heterocycles. The number of ether oxygens (including phenoxy) is 2. The number of hydrogen-bond donors (Lipinski definition) is 2. The van der Waals surface area contributed by atoms with Crippen LogP contribution >= 0.6 is 0 Å². The summed E-state index contributed by atoms with van der Waals surface area (Å²) in [5, 5.41) is 5.53. The van der Waals surface area contributed by atoms with Crippen molar-refractivity contribution in [3.8, 4) is 11.5 Å². The number of aromatic nitrogens is 1. The molecule has 2 aromatic rings. The molecule has 1 aromatic carbocycles. The summed E-state index contributed by atoms with van der Waals surface area (Å²) in [6.45, 7) is 2.85. The predicted molar refractivity (Wildman–Crippen MR) is 116 cm³/mol.